The zero-order valence-corrected chi connectivity index (χ0v) is 13.6. The number of ether oxygens (including phenoxy) is 1. The molecule has 2 aromatic rings. The van der Waals surface area contributed by atoms with Crippen molar-refractivity contribution in [3.05, 3.63) is 54.4 Å². The van der Waals surface area contributed by atoms with Gasteiger partial charge in [0.1, 0.15) is 5.60 Å². The molecule has 0 saturated carbocycles. The molecule has 1 aromatic heterocycles. The molecule has 0 radical (unpaired) electrons. The lowest BCUT2D eigenvalue weighted by Crippen LogP contribution is -2.36. The fourth-order valence-electron chi connectivity index (χ4n) is 2.13. The Morgan fingerprint density at radius 3 is 2.43 bits per heavy atom. The molecule has 0 bridgehead atoms. The number of carbonyl (C=O) groups is 1. The van der Waals surface area contributed by atoms with Crippen LogP contribution in [-0.4, -0.2) is 28.4 Å². The minimum Gasteiger partial charge on any atom is -0.444 e. The van der Waals surface area contributed by atoms with Crippen LogP contribution in [0, 0.1) is 0 Å². The first-order valence-electron chi connectivity index (χ1n) is 7.50. The molecule has 0 saturated heterocycles. The van der Waals surface area contributed by atoms with E-state index in [2.05, 4.69) is 10.3 Å². The number of nitrogens with one attached hydrogen (secondary N) is 1. The largest absolute Gasteiger partial charge is 0.444 e. The van der Waals surface area contributed by atoms with Gasteiger partial charge in [-0.3, -0.25) is 4.98 Å². The molecule has 122 valence electrons. The number of aliphatic hydroxyl groups is 1. The van der Waals surface area contributed by atoms with Crippen molar-refractivity contribution < 1.29 is 14.6 Å². The number of aliphatic hydroxyl groups excluding tert-OH is 1. The van der Waals surface area contributed by atoms with E-state index in [9.17, 15) is 9.90 Å². The third-order valence-corrected chi connectivity index (χ3v) is 3.18. The predicted octanol–water partition coefficient (Wildman–Crippen LogP) is 3.31. The van der Waals surface area contributed by atoms with E-state index >= 15 is 0 Å². The molecule has 0 aliphatic carbocycles. The number of hydrogen-bond donors (Lipinski definition) is 2. The number of aromatic nitrogens is 1. The standard InChI is InChI=1S/C18H22N2O3/c1-18(2,3)23-17(22)20-16(12-21)14-8-6-13(7-9-14)15-5-4-10-19-11-15/h4-11,16,21H,12H2,1-3H3,(H,20,22)/t16-/m0/s1. The van der Waals surface area contributed by atoms with Gasteiger partial charge in [-0.2, -0.15) is 0 Å². The minimum absolute atomic E-state index is 0.203. The first kappa shape index (κ1) is 17.0. The lowest BCUT2D eigenvalue weighted by atomic mass is 10.0. The smallest absolute Gasteiger partial charge is 0.408 e. The molecule has 5 nitrogen and oxygen atoms in total. The number of carbonyl (C=O) groups excluding carboxylic acids is 1. The average Bonchev–Trinajstić information content (AvgIpc) is 2.52. The third-order valence-electron chi connectivity index (χ3n) is 3.18. The van der Waals surface area contributed by atoms with Crippen LogP contribution in [0.4, 0.5) is 4.79 Å². The fourth-order valence-corrected chi connectivity index (χ4v) is 2.13. The van der Waals surface area contributed by atoms with Crippen LogP contribution in [0.25, 0.3) is 11.1 Å². The predicted molar refractivity (Wildman–Crippen MR) is 88.9 cm³/mol. The summed E-state index contributed by atoms with van der Waals surface area (Å²) in [6.45, 7) is 5.18. The van der Waals surface area contributed by atoms with Gasteiger partial charge in [0.15, 0.2) is 0 Å². The van der Waals surface area contributed by atoms with Crippen molar-refractivity contribution in [2.45, 2.75) is 32.4 Å². The van der Waals surface area contributed by atoms with Crippen molar-refractivity contribution in [1.82, 2.24) is 10.3 Å². The summed E-state index contributed by atoms with van der Waals surface area (Å²) < 4.78 is 5.22. The monoisotopic (exact) mass is 314 g/mol. The zero-order valence-electron chi connectivity index (χ0n) is 13.6. The van der Waals surface area contributed by atoms with E-state index < -0.39 is 17.7 Å². The van der Waals surface area contributed by atoms with Gasteiger partial charge in [-0.25, -0.2) is 4.79 Å². The van der Waals surface area contributed by atoms with Crippen molar-refractivity contribution in [3.63, 3.8) is 0 Å². The summed E-state index contributed by atoms with van der Waals surface area (Å²) in [6.07, 6.45) is 2.97. The van der Waals surface area contributed by atoms with Crippen LogP contribution in [0.5, 0.6) is 0 Å². The molecule has 0 aliphatic heterocycles. The quantitative estimate of drug-likeness (QED) is 0.908. The van der Waals surface area contributed by atoms with E-state index in [-0.39, 0.29) is 6.61 Å². The number of hydrogen-bond acceptors (Lipinski definition) is 4. The fraction of sp³-hybridized carbons (Fsp3) is 0.333. The van der Waals surface area contributed by atoms with Crippen molar-refractivity contribution in [1.29, 1.82) is 0 Å². The normalized spacial score (nSPS) is 12.5. The Balaban J connectivity index is 2.08. The third kappa shape index (κ3) is 5.07. The Hall–Kier alpha value is -2.40. The summed E-state index contributed by atoms with van der Waals surface area (Å²) in [6, 6.07) is 11.0. The van der Waals surface area contributed by atoms with E-state index in [1.54, 1.807) is 33.2 Å². The van der Waals surface area contributed by atoms with Crippen molar-refractivity contribution in [2.24, 2.45) is 0 Å². The number of alkyl carbamates (subject to hydrolysis) is 1. The van der Waals surface area contributed by atoms with E-state index in [0.717, 1.165) is 16.7 Å². The summed E-state index contributed by atoms with van der Waals surface area (Å²) in [5, 5.41) is 12.2. The maximum absolute atomic E-state index is 11.8. The van der Waals surface area contributed by atoms with Crippen LogP contribution in [0.3, 0.4) is 0 Å². The van der Waals surface area contributed by atoms with Gasteiger partial charge in [-0.15, -0.1) is 0 Å². The van der Waals surface area contributed by atoms with Gasteiger partial charge in [-0.05, 0) is 43.5 Å². The van der Waals surface area contributed by atoms with Crippen molar-refractivity contribution in [2.75, 3.05) is 6.61 Å². The van der Waals surface area contributed by atoms with Crippen molar-refractivity contribution >= 4 is 6.09 Å². The molecular formula is C18H22N2O3. The summed E-state index contributed by atoms with van der Waals surface area (Å²) in [5.74, 6) is 0. The number of rotatable bonds is 4. The van der Waals surface area contributed by atoms with E-state index in [1.807, 2.05) is 36.4 Å². The molecule has 0 aliphatic rings. The van der Waals surface area contributed by atoms with Crippen LogP contribution in [0.2, 0.25) is 0 Å². The second kappa shape index (κ2) is 7.24. The molecule has 1 heterocycles. The van der Waals surface area contributed by atoms with Gasteiger partial charge < -0.3 is 15.2 Å². The lowest BCUT2D eigenvalue weighted by molar-refractivity contribution is 0.0482. The number of nitrogens with zero attached hydrogens (tertiary/aromatic N) is 1. The van der Waals surface area contributed by atoms with Gasteiger partial charge in [0.2, 0.25) is 0 Å². The second-order valence-electron chi connectivity index (χ2n) is 6.25. The molecule has 23 heavy (non-hydrogen) atoms. The van der Waals surface area contributed by atoms with Gasteiger partial charge in [0.25, 0.3) is 0 Å². The Bertz CT molecular complexity index is 634. The SMILES string of the molecule is CC(C)(C)OC(=O)N[C@@H](CO)c1ccc(-c2cccnc2)cc1. The summed E-state index contributed by atoms with van der Waals surface area (Å²) in [4.78, 5) is 15.9. The minimum atomic E-state index is -0.575. The molecular weight excluding hydrogens is 292 g/mol. The molecule has 1 amide bonds. The highest BCUT2D eigenvalue weighted by molar-refractivity contribution is 5.68. The van der Waals surface area contributed by atoms with Gasteiger partial charge >= 0.3 is 6.09 Å². The Morgan fingerprint density at radius 2 is 1.91 bits per heavy atom. The molecule has 0 spiro atoms. The highest BCUT2D eigenvalue weighted by atomic mass is 16.6. The van der Waals surface area contributed by atoms with Crippen LogP contribution in [0.1, 0.15) is 32.4 Å². The number of benzene rings is 1. The molecule has 2 N–H and O–H groups in total. The first-order chi connectivity index (χ1) is 10.9. The number of pyridine rings is 1. The topological polar surface area (TPSA) is 71.5 Å². The van der Waals surface area contributed by atoms with Crippen LogP contribution < -0.4 is 5.32 Å². The van der Waals surface area contributed by atoms with Crippen molar-refractivity contribution in [3.8, 4) is 11.1 Å². The molecule has 0 unspecified atom stereocenters. The number of amides is 1. The molecule has 2 rings (SSSR count). The zero-order chi connectivity index (χ0) is 16.9. The van der Waals surface area contributed by atoms with Gasteiger partial charge in [-0.1, -0.05) is 30.3 Å². The lowest BCUT2D eigenvalue weighted by Gasteiger charge is -2.23. The Morgan fingerprint density at radius 1 is 1.22 bits per heavy atom. The van der Waals surface area contributed by atoms with E-state index in [4.69, 9.17) is 4.74 Å². The maximum Gasteiger partial charge on any atom is 0.408 e. The Labute approximate surface area is 136 Å². The van der Waals surface area contributed by atoms with Crippen LogP contribution >= 0.6 is 0 Å². The molecule has 1 aromatic carbocycles. The summed E-state index contributed by atoms with van der Waals surface area (Å²) in [5.41, 5.74) is 2.27. The summed E-state index contributed by atoms with van der Waals surface area (Å²) in [7, 11) is 0. The molecule has 5 heteroatoms. The highest BCUT2D eigenvalue weighted by Gasteiger charge is 2.20. The van der Waals surface area contributed by atoms with Gasteiger partial charge in [0.05, 0.1) is 12.6 Å². The molecule has 1 atom stereocenters. The van der Waals surface area contributed by atoms with Gasteiger partial charge in [0, 0.05) is 12.4 Å². The maximum atomic E-state index is 11.8. The summed E-state index contributed by atoms with van der Waals surface area (Å²) >= 11 is 0. The van der Waals surface area contributed by atoms with Crippen LogP contribution in [-0.2, 0) is 4.74 Å². The second-order valence-corrected chi connectivity index (χ2v) is 6.25. The van der Waals surface area contributed by atoms with E-state index in [0.29, 0.717) is 0 Å². The average molecular weight is 314 g/mol. The highest BCUT2D eigenvalue weighted by Crippen LogP contribution is 2.21. The first-order valence-corrected chi connectivity index (χ1v) is 7.50. The van der Waals surface area contributed by atoms with Crippen LogP contribution in [0.15, 0.2) is 48.8 Å². The molecule has 0 fully saturated rings. The Kier molecular flexibility index (Phi) is 5.34. The van der Waals surface area contributed by atoms with E-state index in [1.165, 1.54) is 0 Å².